The van der Waals surface area contributed by atoms with Gasteiger partial charge >= 0.3 is 0 Å². The van der Waals surface area contributed by atoms with Gasteiger partial charge in [0, 0.05) is 5.48 Å². The molecule has 4 aliphatic rings. The second-order valence-corrected chi connectivity index (χ2v) is 11.8. The summed E-state index contributed by atoms with van der Waals surface area (Å²) in [7, 11) is 0. The van der Waals surface area contributed by atoms with Crippen molar-refractivity contribution in [1.29, 1.82) is 0 Å². The van der Waals surface area contributed by atoms with Crippen molar-refractivity contribution < 1.29 is 5.48 Å². The first-order valence-electron chi connectivity index (χ1n) is 14.4. The molecule has 0 saturated heterocycles. The molecule has 9 atom stereocenters. The summed E-state index contributed by atoms with van der Waals surface area (Å²) in [5.41, 5.74) is 1.12. The maximum absolute atomic E-state index is 8.25. The van der Waals surface area contributed by atoms with Crippen LogP contribution in [0.4, 0.5) is 0 Å². The minimum Gasteiger partial charge on any atom is -0.0628 e. The van der Waals surface area contributed by atoms with E-state index >= 15 is 0 Å². The summed E-state index contributed by atoms with van der Waals surface area (Å²) in [5.74, 6) is 3.99. The zero-order valence-corrected chi connectivity index (χ0v) is 18.7. The highest BCUT2D eigenvalue weighted by molar-refractivity contribution is 5.09. The molecule has 4 saturated carbocycles. The number of hydrogen-bond donors (Lipinski definition) is 0. The Balaban J connectivity index is 1.40. The Bertz CT molecular complexity index is 640. The van der Waals surface area contributed by atoms with Crippen molar-refractivity contribution in [2.75, 3.05) is 0 Å². The fraction of sp³-hybridized carbons (Fsp3) is 1.00. The average Bonchev–Trinajstić information content (AvgIpc) is 3.03. The SMILES string of the molecule is [2H]C([2H])([2H])C([2H])(C)CCC[C@@H](C)[C@H]1CC[C@H]2[C@@H]3CC[C@H]4CCCC[C@]4(C)[C@H]3CC[C@]12C. The van der Waals surface area contributed by atoms with Crippen LogP contribution in [-0.4, -0.2) is 0 Å². The van der Waals surface area contributed by atoms with Crippen molar-refractivity contribution in [3.05, 3.63) is 0 Å². The van der Waals surface area contributed by atoms with Gasteiger partial charge in [-0.2, -0.15) is 0 Å². The standard InChI is InChI=1S/C27H48/c1-19(2)9-8-10-20(3)23-14-15-24-22-13-12-21-11-6-7-17-26(21,4)25(22)16-18-27(23,24)5/h19-25H,6-18H2,1-5H3/t20-,21-,22+,23-,24+,25+,26+,27-/m1/s1/i1D3,19D/t19?,20-,21-,22+,23-,24+,25+,26+,27-. The van der Waals surface area contributed by atoms with Gasteiger partial charge in [0.25, 0.3) is 0 Å². The Kier molecular flexibility index (Phi) is 4.49. The van der Waals surface area contributed by atoms with Gasteiger partial charge in [0.1, 0.15) is 0 Å². The molecule has 0 N–H and O–H groups in total. The highest BCUT2D eigenvalue weighted by atomic mass is 14.6. The van der Waals surface area contributed by atoms with Crippen molar-refractivity contribution >= 4 is 0 Å². The summed E-state index contributed by atoms with van der Waals surface area (Å²) in [6.07, 6.45) is 17.0. The van der Waals surface area contributed by atoms with Crippen LogP contribution in [0, 0.1) is 52.2 Å². The summed E-state index contributed by atoms with van der Waals surface area (Å²) in [6, 6.07) is 0. The third-order valence-electron chi connectivity index (χ3n) is 10.6. The van der Waals surface area contributed by atoms with Crippen LogP contribution in [0.15, 0.2) is 0 Å². The van der Waals surface area contributed by atoms with E-state index in [1.54, 1.807) is 6.92 Å². The van der Waals surface area contributed by atoms with Gasteiger partial charge in [0.2, 0.25) is 0 Å². The van der Waals surface area contributed by atoms with E-state index in [9.17, 15) is 0 Å². The van der Waals surface area contributed by atoms with E-state index < -0.39 is 12.7 Å². The van der Waals surface area contributed by atoms with Crippen LogP contribution >= 0.6 is 0 Å². The normalized spacial score (nSPS) is 52.8. The zero-order chi connectivity index (χ0) is 22.7. The fourth-order valence-corrected chi connectivity index (χ4v) is 9.16. The van der Waals surface area contributed by atoms with Gasteiger partial charge in [-0.25, -0.2) is 0 Å². The van der Waals surface area contributed by atoms with Crippen molar-refractivity contribution in [2.45, 2.75) is 118 Å². The molecule has 4 rings (SSSR count). The van der Waals surface area contributed by atoms with Crippen LogP contribution in [0.5, 0.6) is 0 Å². The molecule has 0 aromatic heterocycles. The Hall–Kier alpha value is 0. The van der Waals surface area contributed by atoms with Gasteiger partial charge < -0.3 is 0 Å². The maximum atomic E-state index is 8.25. The molecule has 0 bridgehead atoms. The minimum absolute atomic E-state index is 0.491. The molecule has 0 aliphatic heterocycles. The molecule has 0 heteroatoms. The highest BCUT2D eigenvalue weighted by Crippen LogP contribution is 2.68. The predicted octanol–water partition coefficient (Wildman–Crippen LogP) is 8.50. The Labute approximate surface area is 176 Å². The molecule has 0 heterocycles. The lowest BCUT2D eigenvalue weighted by atomic mass is 9.44. The van der Waals surface area contributed by atoms with Gasteiger partial charge in [0.05, 0.1) is 0 Å². The van der Waals surface area contributed by atoms with Crippen LogP contribution in [-0.2, 0) is 0 Å². The predicted molar refractivity (Wildman–Crippen MR) is 118 cm³/mol. The average molecular weight is 377 g/mol. The van der Waals surface area contributed by atoms with Gasteiger partial charge in [-0.1, -0.05) is 66.7 Å². The minimum atomic E-state index is -2.17. The molecule has 0 radical (unpaired) electrons. The number of rotatable bonds is 5. The zero-order valence-electron chi connectivity index (χ0n) is 22.7. The van der Waals surface area contributed by atoms with Gasteiger partial charge in [-0.05, 0) is 104 Å². The van der Waals surface area contributed by atoms with Crippen molar-refractivity contribution in [3.8, 4) is 0 Å². The molecule has 0 spiro atoms. The molecule has 1 unspecified atom stereocenters. The van der Waals surface area contributed by atoms with E-state index in [-0.39, 0.29) is 0 Å². The van der Waals surface area contributed by atoms with Crippen LogP contribution in [0.3, 0.4) is 0 Å². The summed E-state index contributed by atoms with van der Waals surface area (Å²) >= 11 is 0. The largest absolute Gasteiger partial charge is 0.0628 e. The second-order valence-electron chi connectivity index (χ2n) is 11.8. The van der Waals surface area contributed by atoms with Crippen molar-refractivity contribution in [1.82, 2.24) is 0 Å². The highest BCUT2D eigenvalue weighted by Gasteiger charge is 2.59. The maximum Gasteiger partial charge on any atom is 0.0297 e. The molecule has 27 heavy (non-hydrogen) atoms. The molecule has 0 aromatic carbocycles. The van der Waals surface area contributed by atoms with E-state index in [0.717, 1.165) is 42.4 Å². The molecule has 4 aliphatic carbocycles. The quantitative estimate of drug-likeness (QED) is 0.451. The summed E-state index contributed by atoms with van der Waals surface area (Å²) < 4.78 is 31.2. The fourth-order valence-electron chi connectivity index (χ4n) is 9.16. The lowest BCUT2D eigenvalue weighted by molar-refractivity contribution is -0.114. The smallest absolute Gasteiger partial charge is 0.0297 e. The van der Waals surface area contributed by atoms with E-state index in [2.05, 4.69) is 20.8 Å². The Morgan fingerprint density at radius 2 is 1.70 bits per heavy atom. The molecular weight excluding hydrogens is 324 g/mol. The molecule has 0 nitrogen and oxygen atoms in total. The molecule has 4 fully saturated rings. The van der Waals surface area contributed by atoms with Crippen molar-refractivity contribution in [3.63, 3.8) is 0 Å². The van der Waals surface area contributed by atoms with Crippen LogP contribution in [0.25, 0.3) is 0 Å². The summed E-state index contributed by atoms with van der Waals surface area (Å²) in [4.78, 5) is 0. The van der Waals surface area contributed by atoms with Crippen LogP contribution < -0.4 is 0 Å². The van der Waals surface area contributed by atoms with E-state index in [1.165, 1.54) is 64.2 Å². The first-order chi connectivity index (χ1) is 14.4. The first kappa shape index (κ1) is 15.8. The molecule has 0 aromatic rings. The van der Waals surface area contributed by atoms with Gasteiger partial charge in [-0.3, -0.25) is 0 Å². The molecule has 156 valence electrons. The monoisotopic (exact) mass is 376 g/mol. The van der Waals surface area contributed by atoms with Crippen molar-refractivity contribution in [2.24, 2.45) is 52.2 Å². The Morgan fingerprint density at radius 3 is 2.52 bits per heavy atom. The first-order valence-corrected chi connectivity index (χ1v) is 12.4. The number of hydrogen-bond acceptors (Lipinski definition) is 0. The lowest BCUT2D eigenvalue weighted by Crippen LogP contribution is -2.53. The van der Waals surface area contributed by atoms with E-state index in [0.29, 0.717) is 23.2 Å². The Morgan fingerprint density at radius 1 is 0.889 bits per heavy atom. The lowest BCUT2D eigenvalue weighted by Gasteiger charge is -2.61. The number of fused-ring (bicyclic) bond motifs is 5. The van der Waals surface area contributed by atoms with Gasteiger partial charge in [-0.15, -0.1) is 0 Å². The second kappa shape index (κ2) is 7.68. The third-order valence-corrected chi connectivity index (χ3v) is 10.6. The molecule has 0 amide bonds. The van der Waals surface area contributed by atoms with Gasteiger partial charge in [0.15, 0.2) is 0 Å². The van der Waals surface area contributed by atoms with Crippen LogP contribution in [0.1, 0.15) is 124 Å². The van der Waals surface area contributed by atoms with E-state index in [1.807, 2.05) is 0 Å². The summed E-state index contributed by atoms with van der Waals surface area (Å²) in [5, 5.41) is 0. The molecular formula is C27H48. The van der Waals surface area contributed by atoms with E-state index in [4.69, 9.17) is 5.48 Å². The topological polar surface area (TPSA) is 0 Å². The van der Waals surface area contributed by atoms with Crippen LogP contribution in [0.2, 0.25) is 0 Å². The third kappa shape index (κ3) is 3.44. The summed E-state index contributed by atoms with van der Waals surface area (Å²) in [6.45, 7) is 7.16.